The fraction of sp³-hybridized carbons (Fsp3) is 1.00. The number of nitrogens with zero attached hydrogens (tertiary/aromatic N) is 1. The summed E-state index contributed by atoms with van der Waals surface area (Å²) in [5, 5.41) is 0. The van der Waals surface area contributed by atoms with Crippen molar-refractivity contribution < 1.29 is 12.8 Å². The van der Waals surface area contributed by atoms with Gasteiger partial charge in [0, 0.05) is 19.1 Å². The topological polar surface area (TPSA) is 63.4 Å². The molecule has 2 atom stereocenters. The monoisotopic (exact) mass is 224 g/mol. The molecule has 1 aliphatic heterocycles. The molecule has 4 nitrogen and oxygen atoms in total. The molecule has 0 saturated carbocycles. The Hall–Kier alpha value is -0.200. The molecule has 1 rings (SSSR count). The largest absolute Gasteiger partial charge is 0.325 e. The standard InChI is InChI=1S/C8H17FN2O2S/c1-2-5-14(12,13)11-4-3-8(10)7(9)6-11/h7-8H,2-6,10H2,1H3. The summed E-state index contributed by atoms with van der Waals surface area (Å²) in [5.74, 6) is 0.0922. The molecule has 1 heterocycles. The molecule has 84 valence electrons. The first-order valence-corrected chi connectivity index (χ1v) is 6.45. The second-order valence-corrected chi connectivity index (χ2v) is 5.73. The minimum atomic E-state index is -3.25. The lowest BCUT2D eigenvalue weighted by Gasteiger charge is -2.31. The summed E-state index contributed by atoms with van der Waals surface area (Å²) in [6.07, 6.45) is -0.262. The molecular formula is C8H17FN2O2S. The van der Waals surface area contributed by atoms with Gasteiger partial charge in [0.05, 0.1) is 5.75 Å². The van der Waals surface area contributed by atoms with E-state index in [-0.39, 0.29) is 12.3 Å². The molecule has 1 saturated heterocycles. The van der Waals surface area contributed by atoms with Crippen molar-refractivity contribution in [2.45, 2.75) is 32.0 Å². The summed E-state index contributed by atoms with van der Waals surface area (Å²) in [6.45, 7) is 2.06. The van der Waals surface area contributed by atoms with Crippen LogP contribution in [0.15, 0.2) is 0 Å². The number of sulfonamides is 1. The molecule has 1 aliphatic rings. The van der Waals surface area contributed by atoms with Gasteiger partial charge in [0.25, 0.3) is 0 Å². The van der Waals surface area contributed by atoms with E-state index in [4.69, 9.17) is 5.73 Å². The normalized spacial score (nSPS) is 30.5. The summed E-state index contributed by atoms with van der Waals surface area (Å²) < 4.78 is 37.5. The van der Waals surface area contributed by atoms with Crippen molar-refractivity contribution in [1.82, 2.24) is 4.31 Å². The van der Waals surface area contributed by atoms with Crippen molar-refractivity contribution in [1.29, 1.82) is 0 Å². The zero-order valence-electron chi connectivity index (χ0n) is 8.32. The fourth-order valence-corrected chi connectivity index (χ4v) is 3.06. The van der Waals surface area contributed by atoms with Gasteiger partial charge in [0.15, 0.2) is 0 Å². The number of hydrogen-bond donors (Lipinski definition) is 1. The molecule has 0 spiro atoms. The first-order valence-electron chi connectivity index (χ1n) is 4.85. The predicted octanol–water partition coefficient (Wildman–Crippen LogP) is 0.0973. The first-order chi connectivity index (χ1) is 6.47. The first kappa shape index (κ1) is 11.9. The van der Waals surface area contributed by atoms with E-state index in [2.05, 4.69) is 0 Å². The highest BCUT2D eigenvalue weighted by Gasteiger charge is 2.32. The maximum atomic E-state index is 13.2. The van der Waals surface area contributed by atoms with Crippen LogP contribution in [0.1, 0.15) is 19.8 Å². The van der Waals surface area contributed by atoms with Gasteiger partial charge in [-0.05, 0) is 12.8 Å². The number of alkyl halides is 1. The van der Waals surface area contributed by atoms with Crippen molar-refractivity contribution in [3.8, 4) is 0 Å². The van der Waals surface area contributed by atoms with Gasteiger partial charge in [-0.2, -0.15) is 4.31 Å². The van der Waals surface area contributed by atoms with Crippen LogP contribution in [-0.2, 0) is 10.0 Å². The number of piperidine rings is 1. The van der Waals surface area contributed by atoms with E-state index < -0.39 is 22.2 Å². The Morgan fingerprint density at radius 1 is 1.57 bits per heavy atom. The van der Waals surface area contributed by atoms with E-state index in [0.717, 1.165) is 0 Å². The number of rotatable bonds is 3. The van der Waals surface area contributed by atoms with Crippen LogP contribution in [0.4, 0.5) is 4.39 Å². The molecule has 1 fully saturated rings. The minimum Gasteiger partial charge on any atom is -0.325 e. The molecule has 6 heteroatoms. The lowest BCUT2D eigenvalue weighted by Crippen LogP contribution is -2.50. The predicted molar refractivity (Wildman–Crippen MR) is 53.1 cm³/mol. The van der Waals surface area contributed by atoms with Gasteiger partial charge in [0.1, 0.15) is 6.17 Å². The summed E-state index contributed by atoms with van der Waals surface area (Å²) in [4.78, 5) is 0. The highest BCUT2D eigenvalue weighted by molar-refractivity contribution is 7.89. The molecule has 0 radical (unpaired) electrons. The molecule has 14 heavy (non-hydrogen) atoms. The number of hydrogen-bond acceptors (Lipinski definition) is 3. The van der Waals surface area contributed by atoms with E-state index >= 15 is 0 Å². The van der Waals surface area contributed by atoms with Crippen molar-refractivity contribution >= 4 is 10.0 Å². The van der Waals surface area contributed by atoms with Crippen LogP contribution in [0, 0.1) is 0 Å². The van der Waals surface area contributed by atoms with Crippen LogP contribution < -0.4 is 5.73 Å². The smallest absolute Gasteiger partial charge is 0.214 e. The summed E-state index contributed by atoms with van der Waals surface area (Å²) in [6, 6.07) is -0.511. The Morgan fingerprint density at radius 3 is 2.71 bits per heavy atom. The van der Waals surface area contributed by atoms with Crippen LogP contribution in [0.3, 0.4) is 0 Å². The van der Waals surface area contributed by atoms with Crippen LogP contribution in [0.25, 0.3) is 0 Å². The minimum absolute atomic E-state index is 0.0799. The van der Waals surface area contributed by atoms with Crippen LogP contribution in [0.5, 0.6) is 0 Å². The molecule has 0 aliphatic carbocycles. The van der Waals surface area contributed by atoms with Crippen LogP contribution in [0.2, 0.25) is 0 Å². The van der Waals surface area contributed by atoms with Gasteiger partial charge < -0.3 is 5.73 Å². The lowest BCUT2D eigenvalue weighted by atomic mass is 10.1. The molecule has 0 amide bonds. The maximum Gasteiger partial charge on any atom is 0.214 e. The van der Waals surface area contributed by atoms with Gasteiger partial charge in [-0.1, -0.05) is 6.92 Å². The van der Waals surface area contributed by atoms with Crippen LogP contribution in [-0.4, -0.2) is 43.8 Å². The summed E-state index contributed by atoms with van der Waals surface area (Å²) in [7, 11) is -3.25. The second-order valence-electron chi connectivity index (χ2n) is 3.64. The van der Waals surface area contributed by atoms with Gasteiger partial charge in [-0.3, -0.25) is 0 Å². The third kappa shape index (κ3) is 2.65. The highest BCUT2D eigenvalue weighted by atomic mass is 32.2. The fourth-order valence-electron chi connectivity index (χ4n) is 1.53. The van der Waals surface area contributed by atoms with Gasteiger partial charge in [-0.25, -0.2) is 12.8 Å². The Kier molecular flexibility index (Phi) is 3.86. The molecule has 0 bridgehead atoms. The lowest BCUT2D eigenvalue weighted by molar-refractivity contribution is 0.176. The SMILES string of the molecule is CCCS(=O)(=O)N1CCC(N)C(F)C1. The highest BCUT2D eigenvalue weighted by Crippen LogP contribution is 2.16. The molecular weight excluding hydrogens is 207 g/mol. The van der Waals surface area contributed by atoms with Crippen molar-refractivity contribution in [2.24, 2.45) is 5.73 Å². The van der Waals surface area contributed by atoms with Crippen molar-refractivity contribution in [2.75, 3.05) is 18.8 Å². The van der Waals surface area contributed by atoms with E-state index in [0.29, 0.717) is 19.4 Å². The second kappa shape index (κ2) is 4.55. The van der Waals surface area contributed by atoms with Gasteiger partial charge in [0.2, 0.25) is 10.0 Å². The number of nitrogens with two attached hydrogens (primary N) is 1. The maximum absolute atomic E-state index is 13.2. The average molecular weight is 224 g/mol. The van der Waals surface area contributed by atoms with Crippen molar-refractivity contribution in [3.05, 3.63) is 0 Å². The van der Waals surface area contributed by atoms with E-state index in [1.54, 1.807) is 6.92 Å². The van der Waals surface area contributed by atoms with Crippen molar-refractivity contribution in [3.63, 3.8) is 0 Å². The third-order valence-corrected chi connectivity index (χ3v) is 4.45. The Bertz CT molecular complexity index is 281. The van der Waals surface area contributed by atoms with Gasteiger partial charge >= 0.3 is 0 Å². The molecule has 0 aromatic rings. The zero-order chi connectivity index (χ0) is 10.8. The Labute approximate surface area is 84.3 Å². The molecule has 0 aromatic heterocycles. The molecule has 0 aromatic carbocycles. The summed E-state index contributed by atoms with van der Waals surface area (Å²) >= 11 is 0. The van der Waals surface area contributed by atoms with Crippen LogP contribution >= 0.6 is 0 Å². The average Bonchev–Trinajstić information content (AvgIpc) is 2.09. The molecule has 2 unspecified atom stereocenters. The molecule has 2 N–H and O–H groups in total. The van der Waals surface area contributed by atoms with E-state index in [1.165, 1.54) is 4.31 Å². The quantitative estimate of drug-likeness (QED) is 0.739. The van der Waals surface area contributed by atoms with E-state index in [9.17, 15) is 12.8 Å². The number of halogens is 1. The third-order valence-electron chi connectivity index (χ3n) is 2.41. The summed E-state index contributed by atoms with van der Waals surface area (Å²) in [5.41, 5.74) is 5.46. The zero-order valence-corrected chi connectivity index (χ0v) is 9.13. The Balaban J connectivity index is 2.63. The van der Waals surface area contributed by atoms with Gasteiger partial charge in [-0.15, -0.1) is 0 Å². The Morgan fingerprint density at radius 2 is 2.21 bits per heavy atom. The van der Waals surface area contributed by atoms with E-state index in [1.807, 2.05) is 0 Å².